The van der Waals surface area contributed by atoms with Crippen LogP contribution in [0.3, 0.4) is 0 Å². The molecule has 0 amide bonds. The van der Waals surface area contributed by atoms with Crippen LogP contribution in [0.15, 0.2) is 22.7 Å². The minimum Gasteiger partial charge on any atom is -0.369 e. The molecule has 1 saturated heterocycles. The van der Waals surface area contributed by atoms with Crippen molar-refractivity contribution in [2.45, 2.75) is 45.7 Å². The van der Waals surface area contributed by atoms with Gasteiger partial charge < -0.3 is 10.6 Å². The molecule has 4 heteroatoms. The van der Waals surface area contributed by atoms with Crippen LogP contribution in [0, 0.1) is 0 Å². The number of benzene rings is 1. The Hall–Kier alpha value is -0.580. The molecular formula is C17H28BrN3. The molecule has 1 aromatic carbocycles. The molecule has 1 aliphatic rings. The van der Waals surface area contributed by atoms with E-state index in [1.54, 1.807) is 0 Å². The number of anilines is 1. The first-order valence-electron chi connectivity index (χ1n) is 8.08. The Balaban J connectivity index is 2.06. The highest BCUT2D eigenvalue weighted by molar-refractivity contribution is 9.10. The van der Waals surface area contributed by atoms with Crippen LogP contribution in [0.25, 0.3) is 0 Å². The average Bonchev–Trinajstić information content (AvgIpc) is 2.49. The predicted octanol–water partition coefficient (Wildman–Crippen LogP) is 3.26. The van der Waals surface area contributed by atoms with E-state index in [9.17, 15) is 0 Å². The molecule has 1 aromatic rings. The number of nitrogens with two attached hydrogens (primary N) is 1. The second-order valence-electron chi connectivity index (χ2n) is 6.07. The molecule has 0 aliphatic carbocycles. The van der Waals surface area contributed by atoms with E-state index >= 15 is 0 Å². The Morgan fingerprint density at radius 1 is 1.33 bits per heavy atom. The molecular weight excluding hydrogens is 326 g/mol. The van der Waals surface area contributed by atoms with E-state index in [1.807, 2.05) is 0 Å². The fourth-order valence-electron chi connectivity index (χ4n) is 3.02. The van der Waals surface area contributed by atoms with Gasteiger partial charge in [-0.05, 0) is 44.0 Å². The van der Waals surface area contributed by atoms with Gasteiger partial charge in [0, 0.05) is 41.9 Å². The third kappa shape index (κ3) is 4.21. The highest BCUT2D eigenvalue weighted by atomic mass is 79.9. The SMILES string of the molecule is CCC(N)Cc1ccc(N2CCN(CC)C(C)C2)cc1Br. The lowest BCUT2D eigenvalue weighted by Gasteiger charge is -2.40. The molecule has 0 spiro atoms. The van der Waals surface area contributed by atoms with E-state index in [2.05, 4.69) is 64.7 Å². The van der Waals surface area contributed by atoms with E-state index in [0.29, 0.717) is 6.04 Å². The summed E-state index contributed by atoms with van der Waals surface area (Å²) in [5.41, 5.74) is 8.70. The summed E-state index contributed by atoms with van der Waals surface area (Å²) in [6, 6.07) is 7.60. The van der Waals surface area contributed by atoms with Crippen LogP contribution in [0.2, 0.25) is 0 Å². The maximum Gasteiger partial charge on any atom is 0.0378 e. The normalized spacial score (nSPS) is 21.6. The van der Waals surface area contributed by atoms with Gasteiger partial charge >= 0.3 is 0 Å². The number of nitrogens with zero attached hydrogens (tertiary/aromatic N) is 2. The van der Waals surface area contributed by atoms with Crippen LogP contribution < -0.4 is 10.6 Å². The Labute approximate surface area is 137 Å². The number of halogens is 1. The number of likely N-dealkylation sites (N-methyl/N-ethyl adjacent to an activating group) is 1. The highest BCUT2D eigenvalue weighted by Crippen LogP contribution is 2.27. The summed E-state index contributed by atoms with van der Waals surface area (Å²) in [7, 11) is 0. The standard InChI is InChI=1S/C17H28BrN3/c1-4-15(19)10-14-6-7-16(11-17(14)18)21-9-8-20(5-2)13(3)12-21/h6-7,11,13,15H,4-5,8-10,12,19H2,1-3H3. The number of piperazine rings is 1. The minimum atomic E-state index is 0.250. The zero-order valence-electron chi connectivity index (χ0n) is 13.5. The summed E-state index contributed by atoms with van der Waals surface area (Å²) in [4.78, 5) is 5.03. The van der Waals surface area contributed by atoms with E-state index in [4.69, 9.17) is 5.73 Å². The van der Waals surface area contributed by atoms with E-state index < -0.39 is 0 Å². The lowest BCUT2D eigenvalue weighted by atomic mass is 10.0. The van der Waals surface area contributed by atoms with Crippen molar-refractivity contribution in [3.8, 4) is 0 Å². The molecule has 0 bridgehead atoms. The second-order valence-corrected chi connectivity index (χ2v) is 6.93. The molecule has 118 valence electrons. The second kappa shape index (κ2) is 7.61. The zero-order valence-corrected chi connectivity index (χ0v) is 15.1. The smallest absolute Gasteiger partial charge is 0.0378 e. The number of hydrogen-bond donors (Lipinski definition) is 1. The van der Waals surface area contributed by atoms with Crippen molar-refractivity contribution in [2.75, 3.05) is 31.1 Å². The first-order chi connectivity index (χ1) is 10.0. The summed E-state index contributed by atoms with van der Waals surface area (Å²) < 4.78 is 1.19. The van der Waals surface area contributed by atoms with Gasteiger partial charge in [-0.2, -0.15) is 0 Å². The molecule has 21 heavy (non-hydrogen) atoms. The molecule has 0 aromatic heterocycles. The van der Waals surface area contributed by atoms with Crippen LogP contribution >= 0.6 is 15.9 Å². The van der Waals surface area contributed by atoms with Gasteiger partial charge in [0.1, 0.15) is 0 Å². The van der Waals surface area contributed by atoms with Crippen molar-refractivity contribution in [2.24, 2.45) is 5.73 Å². The van der Waals surface area contributed by atoms with E-state index in [-0.39, 0.29) is 6.04 Å². The van der Waals surface area contributed by atoms with Crippen LogP contribution in [0.5, 0.6) is 0 Å². The Morgan fingerprint density at radius 3 is 2.67 bits per heavy atom. The molecule has 2 N–H and O–H groups in total. The molecule has 1 fully saturated rings. The van der Waals surface area contributed by atoms with Gasteiger partial charge in [0.15, 0.2) is 0 Å². The van der Waals surface area contributed by atoms with Gasteiger partial charge in [0.05, 0.1) is 0 Å². The summed E-state index contributed by atoms with van der Waals surface area (Å²) in [6.45, 7) is 11.2. The molecule has 0 saturated carbocycles. The van der Waals surface area contributed by atoms with Gasteiger partial charge in [-0.25, -0.2) is 0 Å². The number of hydrogen-bond acceptors (Lipinski definition) is 3. The molecule has 0 radical (unpaired) electrons. The summed E-state index contributed by atoms with van der Waals surface area (Å²) in [5, 5.41) is 0. The first-order valence-corrected chi connectivity index (χ1v) is 8.87. The van der Waals surface area contributed by atoms with Crippen molar-refractivity contribution in [3.05, 3.63) is 28.2 Å². The Bertz CT molecular complexity index is 463. The monoisotopic (exact) mass is 353 g/mol. The Kier molecular flexibility index (Phi) is 6.08. The molecule has 2 rings (SSSR count). The van der Waals surface area contributed by atoms with E-state index in [1.165, 1.54) is 15.7 Å². The molecule has 1 heterocycles. The maximum atomic E-state index is 6.07. The summed E-state index contributed by atoms with van der Waals surface area (Å²) >= 11 is 3.72. The quantitative estimate of drug-likeness (QED) is 0.881. The molecule has 2 unspecified atom stereocenters. The highest BCUT2D eigenvalue weighted by Gasteiger charge is 2.22. The van der Waals surface area contributed by atoms with Crippen molar-refractivity contribution < 1.29 is 0 Å². The fraction of sp³-hybridized carbons (Fsp3) is 0.647. The van der Waals surface area contributed by atoms with Crippen LogP contribution in [-0.4, -0.2) is 43.2 Å². The molecule has 1 aliphatic heterocycles. The fourth-order valence-corrected chi connectivity index (χ4v) is 3.55. The van der Waals surface area contributed by atoms with Crippen LogP contribution in [0.1, 0.15) is 32.8 Å². The summed E-state index contributed by atoms with van der Waals surface area (Å²) in [5.74, 6) is 0. The summed E-state index contributed by atoms with van der Waals surface area (Å²) in [6.07, 6.45) is 1.96. The predicted molar refractivity (Wildman–Crippen MR) is 95.0 cm³/mol. The van der Waals surface area contributed by atoms with Gasteiger partial charge in [-0.1, -0.05) is 35.8 Å². The largest absolute Gasteiger partial charge is 0.369 e. The van der Waals surface area contributed by atoms with Gasteiger partial charge in [-0.3, -0.25) is 4.90 Å². The van der Waals surface area contributed by atoms with Crippen molar-refractivity contribution in [1.82, 2.24) is 4.90 Å². The van der Waals surface area contributed by atoms with Crippen molar-refractivity contribution in [3.63, 3.8) is 0 Å². The Morgan fingerprint density at radius 2 is 2.10 bits per heavy atom. The van der Waals surface area contributed by atoms with Gasteiger partial charge in [0.2, 0.25) is 0 Å². The molecule has 2 atom stereocenters. The minimum absolute atomic E-state index is 0.250. The number of rotatable bonds is 5. The van der Waals surface area contributed by atoms with Crippen LogP contribution in [0.4, 0.5) is 5.69 Å². The lowest BCUT2D eigenvalue weighted by Crippen LogP contribution is -2.51. The first kappa shape index (κ1) is 16.8. The lowest BCUT2D eigenvalue weighted by molar-refractivity contribution is 0.199. The van der Waals surface area contributed by atoms with Gasteiger partial charge in [-0.15, -0.1) is 0 Å². The maximum absolute atomic E-state index is 6.07. The van der Waals surface area contributed by atoms with Crippen molar-refractivity contribution >= 4 is 21.6 Å². The third-order valence-corrected chi connectivity index (χ3v) is 5.32. The van der Waals surface area contributed by atoms with Gasteiger partial charge in [0.25, 0.3) is 0 Å². The zero-order chi connectivity index (χ0) is 15.4. The average molecular weight is 354 g/mol. The third-order valence-electron chi connectivity index (χ3n) is 4.58. The van der Waals surface area contributed by atoms with E-state index in [0.717, 1.165) is 39.0 Å². The molecule has 3 nitrogen and oxygen atoms in total. The van der Waals surface area contributed by atoms with Crippen molar-refractivity contribution in [1.29, 1.82) is 0 Å². The topological polar surface area (TPSA) is 32.5 Å². The van der Waals surface area contributed by atoms with Crippen LogP contribution in [-0.2, 0) is 6.42 Å².